The second kappa shape index (κ2) is 9.27. The molecule has 9 heteroatoms. The Morgan fingerprint density at radius 2 is 2.00 bits per heavy atom. The summed E-state index contributed by atoms with van der Waals surface area (Å²) in [6.07, 6.45) is -2.17. The maximum atomic E-state index is 13.5. The Bertz CT molecular complexity index is 1130. The zero-order valence-corrected chi connectivity index (χ0v) is 17.9. The molecule has 2 aromatic rings. The van der Waals surface area contributed by atoms with Crippen LogP contribution in [0, 0.1) is 0 Å². The van der Waals surface area contributed by atoms with E-state index in [0.717, 1.165) is 17.2 Å². The largest absolute Gasteiger partial charge is 0.493 e. The lowest BCUT2D eigenvalue weighted by atomic mass is 9.85. The summed E-state index contributed by atoms with van der Waals surface area (Å²) in [6, 6.07) is 9.12. The number of aliphatic hydroxyl groups excluding tert-OH is 1. The highest BCUT2D eigenvalue weighted by Crippen LogP contribution is 2.39. The summed E-state index contributed by atoms with van der Waals surface area (Å²) in [5.74, 6) is 0.935. The van der Waals surface area contributed by atoms with Crippen molar-refractivity contribution in [3.63, 3.8) is 0 Å². The van der Waals surface area contributed by atoms with Gasteiger partial charge in [0.05, 0.1) is 19.2 Å². The van der Waals surface area contributed by atoms with Crippen LogP contribution in [-0.4, -0.2) is 37.1 Å². The molecule has 1 amide bonds. The summed E-state index contributed by atoms with van der Waals surface area (Å²) in [5.41, 5.74) is 1.37. The van der Waals surface area contributed by atoms with Crippen molar-refractivity contribution in [1.82, 2.24) is 5.32 Å². The van der Waals surface area contributed by atoms with Gasteiger partial charge in [0, 0.05) is 30.1 Å². The van der Waals surface area contributed by atoms with Crippen LogP contribution in [0.25, 0.3) is 0 Å². The Hall–Kier alpha value is -3.33. The molecule has 1 saturated heterocycles. The number of benzene rings is 2. The molecule has 0 saturated carbocycles. The molecular formula is C24H23F3N2O4. The first-order chi connectivity index (χ1) is 15.8. The van der Waals surface area contributed by atoms with Crippen LogP contribution < -0.4 is 14.8 Å². The summed E-state index contributed by atoms with van der Waals surface area (Å²) < 4.78 is 51.8. The van der Waals surface area contributed by atoms with Gasteiger partial charge in [0.2, 0.25) is 5.91 Å². The highest BCUT2D eigenvalue weighted by atomic mass is 19.4. The van der Waals surface area contributed by atoms with E-state index < -0.39 is 11.7 Å². The van der Waals surface area contributed by atoms with Crippen molar-refractivity contribution in [2.75, 3.05) is 20.3 Å². The third kappa shape index (κ3) is 4.88. The number of hydrogen-bond acceptors (Lipinski definition) is 5. The van der Waals surface area contributed by atoms with E-state index >= 15 is 0 Å². The molecule has 0 spiro atoms. The van der Waals surface area contributed by atoms with Gasteiger partial charge in [-0.15, -0.1) is 0 Å². The lowest BCUT2D eigenvalue weighted by molar-refractivity contribution is -0.138. The number of methoxy groups -OCH3 is 1. The van der Waals surface area contributed by atoms with Crippen LogP contribution in [0.2, 0.25) is 0 Å². The van der Waals surface area contributed by atoms with E-state index in [2.05, 4.69) is 10.3 Å². The molecule has 1 atom stereocenters. The predicted molar refractivity (Wildman–Crippen MR) is 115 cm³/mol. The Balaban J connectivity index is 1.57. The number of nitrogens with zero attached hydrogens (tertiary/aromatic N) is 1. The smallest absolute Gasteiger partial charge is 0.416 e. The molecule has 2 aromatic carbocycles. The van der Waals surface area contributed by atoms with E-state index in [-0.39, 0.29) is 43.4 Å². The predicted octanol–water partition coefficient (Wildman–Crippen LogP) is 3.77. The quantitative estimate of drug-likeness (QED) is 0.659. The maximum absolute atomic E-state index is 13.5. The number of aliphatic hydroxyl groups is 1. The number of ether oxygens (including phenoxy) is 2. The van der Waals surface area contributed by atoms with Crippen molar-refractivity contribution >= 4 is 11.7 Å². The molecule has 1 unspecified atom stereocenters. The Morgan fingerprint density at radius 3 is 2.73 bits per heavy atom. The van der Waals surface area contributed by atoms with Crippen molar-refractivity contribution in [2.45, 2.75) is 31.5 Å². The first kappa shape index (κ1) is 22.8. The highest BCUT2D eigenvalue weighted by Gasteiger charge is 2.34. The van der Waals surface area contributed by atoms with Gasteiger partial charge in [0.1, 0.15) is 12.4 Å². The average molecular weight is 460 g/mol. The Kier molecular flexibility index (Phi) is 6.42. The van der Waals surface area contributed by atoms with Gasteiger partial charge >= 0.3 is 6.18 Å². The molecule has 0 aliphatic carbocycles. The molecule has 2 aliphatic rings. The number of amides is 1. The van der Waals surface area contributed by atoms with E-state index in [9.17, 15) is 18.0 Å². The van der Waals surface area contributed by atoms with Crippen molar-refractivity contribution in [2.24, 2.45) is 4.99 Å². The number of piperidine rings is 1. The molecule has 2 heterocycles. The maximum Gasteiger partial charge on any atom is 0.416 e. The number of aliphatic imine (C=N–C) groups is 1. The highest BCUT2D eigenvalue weighted by molar-refractivity contribution is 6.12. The molecular weight excluding hydrogens is 437 g/mol. The molecule has 174 valence electrons. The number of fused-ring (bicyclic) bond motifs is 1. The minimum atomic E-state index is -4.55. The van der Waals surface area contributed by atoms with E-state index in [4.69, 9.17) is 14.6 Å². The van der Waals surface area contributed by atoms with Crippen LogP contribution in [0.1, 0.15) is 34.6 Å². The van der Waals surface area contributed by atoms with E-state index in [1.165, 1.54) is 13.2 Å². The Labute approximate surface area is 188 Å². The summed E-state index contributed by atoms with van der Waals surface area (Å²) in [6.45, 7) is -0.0280. The molecule has 33 heavy (non-hydrogen) atoms. The first-order valence-corrected chi connectivity index (χ1v) is 10.5. The van der Waals surface area contributed by atoms with E-state index in [1.807, 2.05) is 6.08 Å². The molecule has 0 radical (unpaired) electrons. The van der Waals surface area contributed by atoms with E-state index in [0.29, 0.717) is 29.4 Å². The molecule has 1 fully saturated rings. The Morgan fingerprint density at radius 1 is 1.18 bits per heavy atom. The lowest BCUT2D eigenvalue weighted by Crippen LogP contribution is -2.38. The summed E-state index contributed by atoms with van der Waals surface area (Å²) >= 11 is 0. The standard InChI is InChI=1S/C24H23F3N2O4/c1-32-21-11-15(18-12-22(31)29-23-17(18)6-8-28-23)4-5-20(21)33-13-16-3-2-14(7-9-30)10-19(16)24(25,26)27/h2-6,10-11,18,30H,7-9,12-13H2,1H3,(H,28,29,31). The lowest BCUT2D eigenvalue weighted by Gasteiger charge is -2.26. The molecule has 6 nitrogen and oxygen atoms in total. The van der Waals surface area contributed by atoms with Crippen molar-refractivity contribution < 1.29 is 32.5 Å². The minimum absolute atomic E-state index is 0.0174. The number of amidine groups is 1. The van der Waals surface area contributed by atoms with Crippen molar-refractivity contribution in [1.29, 1.82) is 0 Å². The number of nitrogens with one attached hydrogen (secondary N) is 1. The second-order valence-corrected chi connectivity index (χ2v) is 7.82. The zero-order chi connectivity index (χ0) is 23.6. The van der Waals surface area contributed by atoms with Gasteiger partial charge < -0.3 is 19.9 Å². The SMILES string of the molecule is COc1cc(C2CC(=O)NC3=NCC=C32)ccc1OCc1ccc(CCO)cc1C(F)(F)F. The van der Waals surface area contributed by atoms with Gasteiger partial charge in [0.25, 0.3) is 0 Å². The van der Waals surface area contributed by atoms with E-state index in [1.54, 1.807) is 24.3 Å². The number of hydrogen-bond donors (Lipinski definition) is 2. The topological polar surface area (TPSA) is 80.2 Å². The molecule has 4 rings (SSSR count). The average Bonchev–Trinajstić information content (AvgIpc) is 3.25. The third-order valence-corrected chi connectivity index (χ3v) is 5.71. The first-order valence-electron chi connectivity index (χ1n) is 10.5. The number of carbonyl (C=O) groups is 1. The summed E-state index contributed by atoms with van der Waals surface area (Å²) in [4.78, 5) is 16.4. The van der Waals surface area contributed by atoms with Gasteiger partial charge in [0.15, 0.2) is 11.5 Å². The van der Waals surface area contributed by atoms with Gasteiger partial charge in [-0.3, -0.25) is 9.79 Å². The molecule has 2 N–H and O–H groups in total. The van der Waals surface area contributed by atoms with Crippen LogP contribution in [-0.2, 0) is 24.0 Å². The third-order valence-electron chi connectivity index (χ3n) is 5.71. The molecule has 2 aliphatic heterocycles. The van der Waals surface area contributed by atoms with Crippen LogP contribution in [0.15, 0.2) is 53.0 Å². The summed E-state index contributed by atoms with van der Waals surface area (Å²) in [5, 5.41) is 11.8. The monoisotopic (exact) mass is 460 g/mol. The fourth-order valence-electron chi connectivity index (χ4n) is 4.09. The van der Waals surface area contributed by atoms with Gasteiger partial charge in [-0.1, -0.05) is 24.3 Å². The number of rotatable bonds is 7. The fraction of sp³-hybridized carbons (Fsp3) is 0.333. The minimum Gasteiger partial charge on any atom is -0.493 e. The fourth-order valence-corrected chi connectivity index (χ4v) is 4.09. The van der Waals surface area contributed by atoms with Crippen LogP contribution in [0.4, 0.5) is 13.2 Å². The molecule has 0 bridgehead atoms. The van der Waals surface area contributed by atoms with Gasteiger partial charge in [-0.2, -0.15) is 13.2 Å². The number of halogens is 3. The van der Waals surface area contributed by atoms with Crippen LogP contribution in [0.3, 0.4) is 0 Å². The zero-order valence-electron chi connectivity index (χ0n) is 17.9. The van der Waals surface area contributed by atoms with Gasteiger partial charge in [-0.25, -0.2) is 0 Å². The molecule has 0 aromatic heterocycles. The second-order valence-electron chi connectivity index (χ2n) is 7.82. The van der Waals surface area contributed by atoms with Crippen molar-refractivity contribution in [3.05, 3.63) is 70.3 Å². The van der Waals surface area contributed by atoms with Crippen LogP contribution >= 0.6 is 0 Å². The normalized spacial score (nSPS) is 17.7. The summed E-state index contributed by atoms with van der Waals surface area (Å²) in [7, 11) is 1.45. The van der Waals surface area contributed by atoms with Gasteiger partial charge in [-0.05, 0) is 35.7 Å². The van der Waals surface area contributed by atoms with Crippen LogP contribution in [0.5, 0.6) is 11.5 Å². The number of alkyl halides is 3. The van der Waals surface area contributed by atoms with Crippen molar-refractivity contribution in [3.8, 4) is 11.5 Å². The number of carbonyl (C=O) groups excluding carboxylic acids is 1.